The minimum absolute atomic E-state index is 0.0322. The fourth-order valence-electron chi connectivity index (χ4n) is 3.10. The third kappa shape index (κ3) is 4.72. The van der Waals surface area contributed by atoms with Crippen LogP contribution >= 0.6 is 11.3 Å². The number of hydrogen-bond donors (Lipinski definition) is 0. The van der Waals surface area contributed by atoms with E-state index in [4.69, 9.17) is 9.15 Å². The molecule has 0 spiro atoms. The van der Waals surface area contributed by atoms with E-state index in [0.717, 1.165) is 19.3 Å². The largest absolute Gasteiger partial charge is 0.490 e. The molecule has 0 aromatic carbocycles. The molecule has 0 N–H and O–H groups in total. The Hall–Kier alpha value is -2.08. The summed E-state index contributed by atoms with van der Waals surface area (Å²) in [7, 11) is 0. The third-order valence-electron chi connectivity index (χ3n) is 4.50. The molecular formula is C19H23NO4S. The molecule has 134 valence electrons. The maximum absolute atomic E-state index is 12.4. The summed E-state index contributed by atoms with van der Waals surface area (Å²) in [4.78, 5) is 27.0. The zero-order chi connectivity index (χ0) is 17.8. The summed E-state index contributed by atoms with van der Waals surface area (Å²) in [6.07, 6.45) is 2.97. The number of aryl methyl sites for hydroxylation is 3. The van der Waals surface area contributed by atoms with Crippen LogP contribution in [0.1, 0.15) is 35.5 Å². The first-order chi connectivity index (χ1) is 12.0. The van der Waals surface area contributed by atoms with Crippen molar-refractivity contribution in [3.8, 4) is 5.75 Å². The Morgan fingerprint density at radius 2 is 2.08 bits per heavy atom. The second-order valence-electron chi connectivity index (χ2n) is 6.45. The minimum Gasteiger partial charge on any atom is -0.490 e. The molecule has 1 aliphatic heterocycles. The predicted octanol–water partition coefficient (Wildman–Crippen LogP) is 3.32. The Kier molecular flexibility index (Phi) is 5.58. The number of amides is 1. The van der Waals surface area contributed by atoms with Gasteiger partial charge in [0.1, 0.15) is 17.6 Å². The topological polar surface area (TPSA) is 59.8 Å². The van der Waals surface area contributed by atoms with E-state index in [2.05, 4.69) is 18.4 Å². The summed E-state index contributed by atoms with van der Waals surface area (Å²) in [6, 6.07) is 5.19. The first kappa shape index (κ1) is 17.7. The van der Waals surface area contributed by atoms with Crippen LogP contribution < -0.4 is 10.4 Å². The number of carbonyl (C=O) groups is 1. The van der Waals surface area contributed by atoms with E-state index < -0.39 is 5.63 Å². The molecule has 5 nitrogen and oxygen atoms in total. The Labute approximate surface area is 151 Å². The molecule has 1 amide bonds. The van der Waals surface area contributed by atoms with Gasteiger partial charge < -0.3 is 14.1 Å². The van der Waals surface area contributed by atoms with Crippen LogP contribution in [0.5, 0.6) is 5.75 Å². The molecule has 0 unspecified atom stereocenters. The summed E-state index contributed by atoms with van der Waals surface area (Å²) in [5.41, 5.74) is 0.874. The van der Waals surface area contributed by atoms with E-state index in [1.807, 2.05) is 4.90 Å². The van der Waals surface area contributed by atoms with Crippen molar-refractivity contribution in [2.24, 2.45) is 0 Å². The molecule has 25 heavy (non-hydrogen) atoms. The van der Waals surface area contributed by atoms with E-state index in [9.17, 15) is 9.59 Å². The molecule has 2 aromatic rings. The molecule has 3 rings (SSSR count). The number of ether oxygens (including phenoxy) is 1. The molecule has 0 saturated carbocycles. The first-order valence-electron chi connectivity index (χ1n) is 8.60. The maximum atomic E-state index is 12.4. The minimum atomic E-state index is -0.397. The Balaban J connectivity index is 1.47. The molecule has 0 bridgehead atoms. The van der Waals surface area contributed by atoms with E-state index in [-0.39, 0.29) is 12.0 Å². The quantitative estimate of drug-likeness (QED) is 0.820. The average Bonchev–Trinajstić information content (AvgIpc) is 2.97. The lowest BCUT2D eigenvalue weighted by atomic mass is 10.1. The van der Waals surface area contributed by atoms with Gasteiger partial charge >= 0.3 is 5.63 Å². The van der Waals surface area contributed by atoms with Gasteiger partial charge in [0.25, 0.3) is 0 Å². The summed E-state index contributed by atoms with van der Waals surface area (Å²) in [5, 5.41) is 2.07. The zero-order valence-corrected chi connectivity index (χ0v) is 15.4. The zero-order valence-electron chi connectivity index (χ0n) is 14.6. The van der Waals surface area contributed by atoms with Crippen LogP contribution in [0.25, 0.3) is 0 Å². The summed E-state index contributed by atoms with van der Waals surface area (Å²) in [6.45, 7) is 5.22. The van der Waals surface area contributed by atoms with Crippen molar-refractivity contribution in [1.29, 1.82) is 0 Å². The highest BCUT2D eigenvalue weighted by Gasteiger charge is 2.24. The predicted molar refractivity (Wildman–Crippen MR) is 97.3 cm³/mol. The lowest BCUT2D eigenvalue weighted by Gasteiger charge is -2.32. The lowest BCUT2D eigenvalue weighted by Crippen LogP contribution is -2.41. The van der Waals surface area contributed by atoms with Crippen LogP contribution in [-0.4, -0.2) is 30.0 Å². The maximum Gasteiger partial charge on any atom is 0.339 e. The standard InChI is InChI=1S/C19H23NO4S/c1-13-7-10-25-17(13)3-4-18(21)20-8-5-15(6-9-20)24-16-11-14(2)23-19(22)12-16/h7,10-12,15H,3-6,8-9H2,1-2H3. The van der Waals surface area contributed by atoms with Gasteiger partial charge in [-0.15, -0.1) is 11.3 Å². The van der Waals surface area contributed by atoms with Crippen molar-refractivity contribution >= 4 is 17.2 Å². The molecular weight excluding hydrogens is 338 g/mol. The Morgan fingerprint density at radius 1 is 1.32 bits per heavy atom. The average molecular weight is 361 g/mol. The van der Waals surface area contributed by atoms with Crippen molar-refractivity contribution < 1.29 is 13.9 Å². The first-order valence-corrected chi connectivity index (χ1v) is 9.48. The van der Waals surface area contributed by atoms with Crippen LogP contribution in [0.4, 0.5) is 0 Å². The van der Waals surface area contributed by atoms with Crippen molar-refractivity contribution in [3.63, 3.8) is 0 Å². The number of rotatable bonds is 5. The van der Waals surface area contributed by atoms with Crippen LogP contribution in [0, 0.1) is 13.8 Å². The van der Waals surface area contributed by atoms with Crippen LogP contribution in [0.3, 0.4) is 0 Å². The lowest BCUT2D eigenvalue weighted by molar-refractivity contribution is -0.132. The highest BCUT2D eigenvalue weighted by Crippen LogP contribution is 2.21. The molecule has 6 heteroatoms. The van der Waals surface area contributed by atoms with E-state index in [1.54, 1.807) is 24.3 Å². The second kappa shape index (κ2) is 7.87. The monoisotopic (exact) mass is 361 g/mol. The van der Waals surface area contributed by atoms with Gasteiger partial charge in [0.15, 0.2) is 0 Å². The number of likely N-dealkylation sites (tertiary alicyclic amines) is 1. The van der Waals surface area contributed by atoms with Crippen LogP contribution in [-0.2, 0) is 11.2 Å². The normalized spacial score (nSPS) is 15.4. The van der Waals surface area contributed by atoms with Crippen LogP contribution in [0.2, 0.25) is 0 Å². The smallest absolute Gasteiger partial charge is 0.339 e. The highest BCUT2D eigenvalue weighted by atomic mass is 32.1. The van der Waals surface area contributed by atoms with Crippen molar-refractivity contribution in [2.75, 3.05) is 13.1 Å². The molecule has 1 aliphatic rings. The number of thiophene rings is 1. The molecule has 1 saturated heterocycles. The SMILES string of the molecule is Cc1cc(OC2CCN(C(=O)CCc3sccc3C)CC2)cc(=O)o1. The molecule has 0 atom stereocenters. The summed E-state index contributed by atoms with van der Waals surface area (Å²) < 4.78 is 10.8. The highest BCUT2D eigenvalue weighted by molar-refractivity contribution is 7.10. The molecule has 0 radical (unpaired) electrons. The van der Waals surface area contributed by atoms with Gasteiger partial charge in [-0.2, -0.15) is 0 Å². The number of nitrogens with zero attached hydrogens (tertiary/aromatic N) is 1. The fraction of sp³-hybridized carbons (Fsp3) is 0.474. The summed E-state index contributed by atoms with van der Waals surface area (Å²) >= 11 is 1.72. The number of piperidine rings is 1. The van der Waals surface area contributed by atoms with Crippen molar-refractivity contribution in [1.82, 2.24) is 4.90 Å². The third-order valence-corrected chi connectivity index (χ3v) is 5.58. The van der Waals surface area contributed by atoms with Gasteiger partial charge in [-0.05, 0) is 37.3 Å². The van der Waals surface area contributed by atoms with Gasteiger partial charge in [-0.25, -0.2) is 4.79 Å². The van der Waals surface area contributed by atoms with Crippen molar-refractivity contribution in [2.45, 2.75) is 45.6 Å². The van der Waals surface area contributed by atoms with Gasteiger partial charge in [-0.3, -0.25) is 4.79 Å². The Bertz CT molecular complexity index is 787. The van der Waals surface area contributed by atoms with Gasteiger partial charge in [0, 0.05) is 43.3 Å². The second-order valence-corrected chi connectivity index (χ2v) is 7.45. The molecule has 3 heterocycles. The van der Waals surface area contributed by atoms with Gasteiger partial charge in [-0.1, -0.05) is 0 Å². The Morgan fingerprint density at radius 3 is 2.72 bits per heavy atom. The van der Waals surface area contributed by atoms with Crippen LogP contribution in [0.15, 0.2) is 32.8 Å². The van der Waals surface area contributed by atoms with E-state index in [1.165, 1.54) is 16.5 Å². The molecule has 1 fully saturated rings. The summed E-state index contributed by atoms with van der Waals surface area (Å²) in [5.74, 6) is 1.30. The fourth-order valence-corrected chi connectivity index (χ4v) is 4.01. The molecule has 2 aromatic heterocycles. The number of hydrogen-bond acceptors (Lipinski definition) is 5. The van der Waals surface area contributed by atoms with E-state index in [0.29, 0.717) is 31.0 Å². The molecule has 0 aliphatic carbocycles. The number of carbonyl (C=O) groups excluding carboxylic acids is 1. The van der Waals surface area contributed by atoms with E-state index >= 15 is 0 Å². The van der Waals surface area contributed by atoms with Crippen molar-refractivity contribution in [3.05, 3.63) is 50.2 Å². The van der Waals surface area contributed by atoms with Gasteiger partial charge in [0.2, 0.25) is 5.91 Å². The van der Waals surface area contributed by atoms with Gasteiger partial charge in [0.05, 0.1) is 6.07 Å².